The van der Waals surface area contributed by atoms with Gasteiger partial charge in [0, 0.05) is 11.1 Å². The number of aromatic hydroxyl groups is 1. The summed E-state index contributed by atoms with van der Waals surface area (Å²) >= 11 is 0. The average molecular weight is 303 g/mol. The minimum atomic E-state index is -0.748. The fourth-order valence-electron chi connectivity index (χ4n) is 1.91. The molecule has 0 radical (unpaired) electrons. The van der Waals surface area contributed by atoms with E-state index in [1.54, 1.807) is 0 Å². The van der Waals surface area contributed by atoms with Crippen molar-refractivity contribution in [2.24, 2.45) is 0 Å². The normalized spacial score (nSPS) is 11.3. The van der Waals surface area contributed by atoms with Crippen molar-refractivity contribution in [3.05, 3.63) is 41.5 Å². The van der Waals surface area contributed by atoms with Gasteiger partial charge in [0.05, 0.1) is 11.3 Å². The number of nitrogens with one attached hydrogen (secondary N) is 2. The van der Waals surface area contributed by atoms with Gasteiger partial charge in [0.25, 0.3) is 0 Å². The van der Waals surface area contributed by atoms with Crippen LogP contribution in [0.2, 0.25) is 0 Å². The van der Waals surface area contributed by atoms with Crippen LogP contribution < -0.4 is 11.1 Å². The first kappa shape index (κ1) is 15.7. The van der Waals surface area contributed by atoms with Gasteiger partial charge in [-0.15, -0.1) is 0 Å². The van der Waals surface area contributed by atoms with E-state index in [-0.39, 0.29) is 17.1 Å². The summed E-state index contributed by atoms with van der Waals surface area (Å²) in [6.45, 7) is 5.84. The van der Waals surface area contributed by atoms with Crippen LogP contribution in [0.4, 0.5) is 16.0 Å². The Morgan fingerprint density at radius 3 is 2.59 bits per heavy atom. The Morgan fingerprint density at radius 1 is 1.32 bits per heavy atom. The monoisotopic (exact) mass is 303 g/mol. The molecule has 22 heavy (non-hydrogen) atoms. The molecule has 0 aliphatic heterocycles. The molecular weight excluding hydrogens is 285 g/mol. The first-order valence-electron chi connectivity index (χ1n) is 6.65. The summed E-state index contributed by atoms with van der Waals surface area (Å²) in [5, 5.41) is 20.9. The van der Waals surface area contributed by atoms with E-state index in [0.717, 1.165) is 6.07 Å². The molecule has 0 saturated heterocycles. The molecule has 5 N–H and O–H groups in total. The molecule has 0 bridgehead atoms. The highest BCUT2D eigenvalue weighted by Crippen LogP contribution is 2.26. The predicted molar refractivity (Wildman–Crippen MR) is 83.8 cm³/mol. The first-order chi connectivity index (χ1) is 10.2. The van der Waals surface area contributed by atoms with E-state index in [0.29, 0.717) is 16.9 Å². The van der Waals surface area contributed by atoms with Gasteiger partial charge >= 0.3 is 0 Å². The molecule has 2 rings (SSSR count). The molecular formula is C15H18FN5O. The summed E-state index contributed by atoms with van der Waals surface area (Å²) in [6.07, 6.45) is 1.31. The van der Waals surface area contributed by atoms with Crippen molar-refractivity contribution in [3.63, 3.8) is 0 Å². The van der Waals surface area contributed by atoms with Crippen molar-refractivity contribution in [2.45, 2.75) is 26.3 Å². The molecule has 0 aliphatic carbocycles. The van der Waals surface area contributed by atoms with E-state index in [9.17, 15) is 9.50 Å². The summed E-state index contributed by atoms with van der Waals surface area (Å²) < 4.78 is 13.2. The third-order valence-corrected chi connectivity index (χ3v) is 2.85. The van der Waals surface area contributed by atoms with E-state index < -0.39 is 11.6 Å². The highest BCUT2D eigenvalue weighted by molar-refractivity contribution is 6.16. The van der Waals surface area contributed by atoms with Crippen molar-refractivity contribution >= 4 is 17.3 Å². The molecule has 0 fully saturated rings. The van der Waals surface area contributed by atoms with Crippen LogP contribution in [0.25, 0.3) is 0 Å². The van der Waals surface area contributed by atoms with Gasteiger partial charge in [0.2, 0.25) is 0 Å². The quantitative estimate of drug-likeness (QED) is 0.652. The Hall–Kier alpha value is -2.70. The van der Waals surface area contributed by atoms with Gasteiger partial charge in [-0.05, 0) is 39.0 Å². The maximum absolute atomic E-state index is 13.2. The lowest BCUT2D eigenvalue weighted by Crippen LogP contribution is -2.28. The number of nitrogens with two attached hydrogens (primary N) is 1. The second-order valence-corrected chi connectivity index (χ2v) is 5.90. The second-order valence-electron chi connectivity index (χ2n) is 5.90. The molecule has 1 heterocycles. The number of rotatable bonds is 3. The van der Waals surface area contributed by atoms with Crippen LogP contribution in [-0.4, -0.2) is 26.3 Å². The van der Waals surface area contributed by atoms with Gasteiger partial charge in [-0.3, -0.25) is 5.41 Å². The zero-order valence-corrected chi connectivity index (χ0v) is 12.6. The standard InChI is InChI=1S/C15H18FN5O/c1-15(2,3)21-14-11(13(18)19-7-20-14)12(17)8-4-5-9(16)10(22)6-8/h4-7,17,22H,1-3H3,(H3,18,19,20,21). The average Bonchev–Trinajstić information content (AvgIpc) is 2.39. The number of nitrogens with zero attached hydrogens (tertiary/aromatic N) is 2. The third-order valence-electron chi connectivity index (χ3n) is 2.85. The zero-order chi connectivity index (χ0) is 16.5. The zero-order valence-electron chi connectivity index (χ0n) is 12.6. The molecule has 0 atom stereocenters. The van der Waals surface area contributed by atoms with Crippen LogP contribution in [0.15, 0.2) is 24.5 Å². The van der Waals surface area contributed by atoms with Gasteiger partial charge < -0.3 is 16.2 Å². The highest BCUT2D eigenvalue weighted by Gasteiger charge is 2.20. The first-order valence-corrected chi connectivity index (χ1v) is 6.65. The number of hydrogen-bond acceptors (Lipinski definition) is 6. The van der Waals surface area contributed by atoms with Crippen LogP contribution in [0.1, 0.15) is 31.9 Å². The summed E-state index contributed by atoms with van der Waals surface area (Å²) in [5.74, 6) is -0.728. The number of nitrogen functional groups attached to an aromatic ring is 1. The molecule has 116 valence electrons. The SMILES string of the molecule is CC(C)(C)Nc1ncnc(N)c1C(=N)c1ccc(F)c(O)c1. The molecule has 1 aromatic heterocycles. The molecule has 0 amide bonds. The third kappa shape index (κ3) is 3.30. The molecule has 0 saturated carbocycles. The number of phenols is 1. The molecule has 7 heteroatoms. The Balaban J connectivity index is 2.51. The summed E-state index contributed by atoms with van der Waals surface area (Å²) in [5.41, 5.74) is 6.21. The van der Waals surface area contributed by atoms with Crippen molar-refractivity contribution in [1.29, 1.82) is 5.41 Å². The Bertz CT molecular complexity index is 724. The van der Waals surface area contributed by atoms with E-state index in [1.165, 1.54) is 18.5 Å². The summed E-state index contributed by atoms with van der Waals surface area (Å²) in [7, 11) is 0. The van der Waals surface area contributed by atoms with E-state index in [2.05, 4.69) is 15.3 Å². The minimum absolute atomic E-state index is 0.000139. The van der Waals surface area contributed by atoms with Gasteiger partial charge in [-0.2, -0.15) is 0 Å². The smallest absolute Gasteiger partial charge is 0.164 e. The number of anilines is 2. The lowest BCUT2D eigenvalue weighted by Gasteiger charge is -2.23. The highest BCUT2D eigenvalue weighted by atomic mass is 19.1. The largest absolute Gasteiger partial charge is 0.505 e. The Kier molecular flexibility index (Phi) is 3.99. The summed E-state index contributed by atoms with van der Waals surface area (Å²) in [4.78, 5) is 8.04. The molecule has 1 aromatic carbocycles. The molecule has 0 unspecified atom stereocenters. The van der Waals surface area contributed by atoms with Crippen LogP contribution >= 0.6 is 0 Å². The lowest BCUT2D eigenvalue weighted by atomic mass is 10.0. The Labute approximate surface area is 127 Å². The maximum Gasteiger partial charge on any atom is 0.164 e. The van der Waals surface area contributed by atoms with Crippen LogP contribution in [0.5, 0.6) is 5.75 Å². The number of aromatic nitrogens is 2. The fourth-order valence-corrected chi connectivity index (χ4v) is 1.91. The number of benzene rings is 1. The molecule has 0 aliphatic rings. The Morgan fingerprint density at radius 2 is 2.00 bits per heavy atom. The van der Waals surface area contributed by atoms with E-state index in [1.807, 2.05) is 20.8 Å². The number of hydrogen-bond donors (Lipinski definition) is 4. The molecule has 6 nitrogen and oxygen atoms in total. The van der Waals surface area contributed by atoms with Gasteiger partial charge in [-0.25, -0.2) is 14.4 Å². The van der Waals surface area contributed by atoms with Gasteiger partial charge in [0.1, 0.15) is 18.0 Å². The topological polar surface area (TPSA) is 108 Å². The van der Waals surface area contributed by atoms with Gasteiger partial charge in [0.15, 0.2) is 11.6 Å². The maximum atomic E-state index is 13.2. The predicted octanol–water partition coefficient (Wildman–Crippen LogP) is 2.53. The van der Waals surface area contributed by atoms with Crippen molar-refractivity contribution in [1.82, 2.24) is 9.97 Å². The molecule has 0 spiro atoms. The van der Waals surface area contributed by atoms with E-state index >= 15 is 0 Å². The van der Waals surface area contributed by atoms with Crippen molar-refractivity contribution < 1.29 is 9.50 Å². The number of halogens is 1. The van der Waals surface area contributed by atoms with E-state index in [4.69, 9.17) is 11.1 Å². The van der Waals surface area contributed by atoms with Gasteiger partial charge in [-0.1, -0.05) is 0 Å². The second kappa shape index (κ2) is 5.59. The fraction of sp³-hybridized carbons (Fsp3) is 0.267. The van der Waals surface area contributed by atoms with Crippen LogP contribution in [0.3, 0.4) is 0 Å². The van der Waals surface area contributed by atoms with Crippen LogP contribution in [-0.2, 0) is 0 Å². The number of phenolic OH excluding ortho intramolecular Hbond substituents is 1. The minimum Gasteiger partial charge on any atom is -0.505 e. The van der Waals surface area contributed by atoms with Crippen molar-refractivity contribution in [3.8, 4) is 5.75 Å². The summed E-state index contributed by atoms with van der Waals surface area (Å²) in [6, 6.07) is 3.66. The van der Waals surface area contributed by atoms with Crippen molar-refractivity contribution in [2.75, 3.05) is 11.1 Å². The molecule has 2 aromatic rings. The van der Waals surface area contributed by atoms with Crippen LogP contribution in [0, 0.1) is 11.2 Å². The lowest BCUT2D eigenvalue weighted by molar-refractivity contribution is 0.432.